The van der Waals surface area contributed by atoms with Gasteiger partial charge in [0.1, 0.15) is 11.9 Å². The number of carbonyl (C=O) groups excluding carboxylic acids is 2. The third-order valence-electron chi connectivity index (χ3n) is 6.31. The first-order valence-corrected chi connectivity index (χ1v) is 7.57. The summed E-state index contributed by atoms with van der Waals surface area (Å²) in [5.41, 5.74) is 0.467. The number of Topliss-reactive ketones (excluding diaryl/α,β-unsaturated/α-hetero) is 1. The zero-order chi connectivity index (χ0) is 14.9. The lowest BCUT2D eigenvalue weighted by Gasteiger charge is -2.56. The van der Waals surface area contributed by atoms with Gasteiger partial charge in [0.25, 0.3) is 0 Å². The van der Waals surface area contributed by atoms with Crippen molar-refractivity contribution in [2.24, 2.45) is 28.6 Å². The average molecular weight is 276 g/mol. The predicted molar refractivity (Wildman–Crippen MR) is 75.9 cm³/mol. The summed E-state index contributed by atoms with van der Waals surface area (Å²) in [5, 5.41) is 0. The highest BCUT2D eigenvalue weighted by Gasteiger charge is 2.70. The van der Waals surface area contributed by atoms with Gasteiger partial charge in [-0.25, -0.2) is 0 Å². The normalized spacial score (nSPS) is 49.3. The Morgan fingerprint density at radius 2 is 1.90 bits per heavy atom. The van der Waals surface area contributed by atoms with Crippen LogP contribution in [0.1, 0.15) is 47.0 Å². The van der Waals surface area contributed by atoms with Gasteiger partial charge in [0.05, 0.1) is 5.41 Å². The highest BCUT2D eigenvalue weighted by atomic mass is 16.5. The Labute approximate surface area is 120 Å². The first-order chi connectivity index (χ1) is 9.20. The number of ether oxygens (including phenoxy) is 1. The molecule has 4 aliphatic rings. The van der Waals surface area contributed by atoms with Gasteiger partial charge in [0, 0.05) is 12.3 Å². The SMILES string of the molecule is C=C(C)[C@H]1C[C@@]2(C)C(=O)[C@@]3(C)C[C@@H]1[C@@H]2C[C@H]3OC(C)=O. The second kappa shape index (κ2) is 3.96. The van der Waals surface area contributed by atoms with Gasteiger partial charge in [-0.15, -0.1) is 0 Å². The van der Waals surface area contributed by atoms with Crippen molar-refractivity contribution in [3.63, 3.8) is 0 Å². The van der Waals surface area contributed by atoms with Gasteiger partial charge < -0.3 is 4.74 Å². The number of carbonyl (C=O) groups is 2. The van der Waals surface area contributed by atoms with Crippen LogP contribution in [-0.2, 0) is 14.3 Å². The van der Waals surface area contributed by atoms with Crippen molar-refractivity contribution in [1.82, 2.24) is 0 Å². The summed E-state index contributed by atoms with van der Waals surface area (Å²) in [4.78, 5) is 24.3. The minimum absolute atomic E-state index is 0.231. The van der Waals surface area contributed by atoms with Crippen molar-refractivity contribution in [3.8, 4) is 0 Å². The van der Waals surface area contributed by atoms with Crippen molar-refractivity contribution in [2.45, 2.75) is 53.1 Å². The molecule has 4 saturated carbocycles. The van der Waals surface area contributed by atoms with Gasteiger partial charge in [-0.2, -0.15) is 0 Å². The Hall–Kier alpha value is -1.12. The molecule has 4 rings (SSSR count). The number of hydrogen-bond donors (Lipinski definition) is 0. The van der Waals surface area contributed by atoms with E-state index in [1.807, 2.05) is 6.92 Å². The summed E-state index contributed by atoms with van der Waals surface area (Å²) in [6.45, 7) is 11.8. The lowest BCUT2D eigenvalue weighted by atomic mass is 9.48. The van der Waals surface area contributed by atoms with Crippen molar-refractivity contribution in [2.75, 3.05) is 0 Å². The van der Waals surface area contributed by atoms with Crippen LogP contribution in [0.25, 0.3) is 0 Å². The molecular formula is C17H24O3. The topological polar surface area (TPSA) is 43.4 Å². The van der Waals surface area contributed by atoms with Crippen LogP contribution in [0.3, 0.4) is 0 Å². The second-order valence-corrected chi connectivity index (χ2v) is 7.63. The van der Waals surface area contributed by atoms with E-state index in [2.05, 4.69) is 20.4 Å². The smallest absolute Gasteiger partial charge is 0.302 e. The van der Waals surface area contributed by atoms with Gasteiger partial charge in [0.15, 0.2) is 0 Å². The molecule has 0 aliphatic heterocycles. The zero-order valence-electron chi connectivity index (χ0n) is 12.9. The van der Waals surface area contributed by atoms with Crippen molar-refractivity contribution in [1.29, 1.82) is 0 Å². The standard InChI is InChI=1S/C17H24O3/c1-9(2)11-7-16(4)13-6-14(20-10(3)18)17(5,15(16)19)8-12(11)13/h11-14H,1,6-8H2,2-5H3/t11-,12+,13+,14-,16-,17+/m1/s1. The molecule has 4 aliphatic carbocycles. The molecule has 0 aromatic carbocycles. The molecule has 20 heavy (non-hydrogen) atoms. The van der Waals surface area contributed by atoms with Gasteiger partial charge in [-0.3, -0.25) is 9.59 Å². The summed E-state index contributed by atoms with van der Waals surface area (Å²) in [7, 11) is 0. The summed E-state index contributed by atoms with van der Waals surface area (Å²) in [6, 6.07) is 0. The first kappa shape index (κ1) is 13.8. The van der Waals surface area contributed by atoms with Crippen molar-refractivity contribution < 1.29 is 14.3 Å². The van der Waals surface area contributed by atoms with Crippen LogP contribution in [0.2, 0.25) is 0 Å². The van der Waals surface area contributed by atoms with Crippen LogP contribution in [0.4, 0.5) is 0 Å². The van der Waals surface area contributed by atoms with E-state index < -0.39 is 5.41 Å². The molecule has 0 radical (unpaired) electrons. The number of esters is 1. The molecule has 3 heteroatoms. The van der Waals surface area contributed by atoms with Crippen LogP contribution < -0.4 is 0 Å². The number of allylic oxidation sites excluding steroid dienone is 1. The molecule has 3 nitrogen and oxygen atoms in total. The molecule has 0 heterocycles. The molecule has 0 unspecified atom stereocenters. The maximum atomic E-state index is 13.0. The molecule has 0 N–H and O–H groups in total. The van der Waals surface area contributed by atoms with Gasteiger partial charge in [-0.05, 0) is 50.9 Å². The molecule has 6 atom stereocenters. The fourth-order valence-corrected chi connectivity index (χ4v) is 5.41. The quantitative estimate of drug-likeness (QED) is 0.575. The Morgan fingerprint density at radius 3 is 2.45 bits per heavy atom. The molecule has 4 fully saturated rings. The number of fused-ring (bicyclic) bond motifs is 1. The minimum atomic E-state index is -0.496. The van der Waals surface area contributed by atoms with Crippen LogP contribution in [0, 0.1) is 28.6 Å². The Bertz CT molecular complexity index is 508. The van der Waals surface area contributed by atoms with Crippen LogP contribution in [0.5, 0.6) is 0 Å². The molecule has 4 bridgehead atoms. The Balaban J connectivity index is 2.00. The van der Waals surface area contributed by atoms with Crippen molar-refractivity contribution >= 4 is 11.8 Å². The summed E-state index contributed by atoms with van der Waals surface area (Å²) in [5.74, 6) is 1.38. The highest BCUT2D eigenvalue weighted by Crippen LogP contribution is 2.68. The van der Waals surface area contributed by atoms with Crippen molar-refractivity contribution in [3.05, 3.63) is 12.2 Å². The summed E-state index contributed by atoms with van der Waals surface area (Å²) < 4.78 is 5.48. The van der Waals surface area contributed by atoms with E-state index in [4.69, 9.17) is 4.74 Å². The fraction of sp³-hybridized carbons (Fsp3) is 0.765. The molecule has 0 saturated heterocycles. The molecule has 0 aromatic rings. The molecule has 0 spiro atoms. The highest BCUT2D eigenvalue weighted by molar-refractivity contribution is 5.93. The Morgan fingerprint density at radius 1 is 1.25 bits per heavy atom. The molecular weight excluding hydrogens is 252 g/mol. The largest absolute Gasteiger partial charge is 0.461 e. The average Bonchev–Trinajstić information content (AvgIpc) is 2.58. The van der Waals surface area contributed by atoms with Gasteiger partial charge in [0.2, 0.25) is 0 Å². The number of hydrogen-bond acceptors (Lipinski definition) is 3. The number of rotatable bonds is 2. The third-order valence-corrected chi connectivity index (χ3v) is 6.31. The molecule has 0 amide bonds. The lowest BCUT2D eigenvalue weighted by Crippen LogP contribution is -2.61. The Kier molecular flexibility index (Phi) is 2.74. The minimum Gasteiger partial charge on any atom is -0.461 e. The first-order valence-electron chi connectivity index (χ1n) is 7.57. The zero-order valence-corrected chi connectivity index (χ0v) is 12.9. The van der Waals surface area contributed by atoms with E-state index in [1.54, 1.807) is 0 Å². The molecule has 110 valence electrons. The predicted octanol–water partition coefficient (Wildman–Crippen LogP) is 3.14. The molecule has 0 aromatic heterocycles. The van der Waals surface area contributed by atoms with E-state index in [-0.39, 0.29) is 17.5 Å². The fourth-order valence-electron chi connectivity index (χ4n) is 5.41. The van der Waals surface area contributed by atoms with E-state index in [1.165, 1.54) is 12.5 Å². The monoisotopic (exact) mass is 276 g/mol. The van der Waals surface area contributed by atoms with E-state index in [9.17, 15) is 9.59 Å². The van der Waals surface area contributed by atoms with Crippen LogP contribution in [0.15, 0.2) is 12.2 Å². The van der Waals surface area contributed by atoms with Gasteiger partial charge >= 0.3 is 5.97 Å². The lowest BCUT2D eigenvalue weighted by molar-refractivity contribution is -0.185. The van der Waals surface area contributed by atoms with Crippen LogP contribution in [-0.4, -0.2) is 17.9 Å². The van der Waals surface area contributed by atoms with E-state index >= 15 is 0 Å². The number of ketones is 1. The third kappa shape index (κ3) is 1.52. The van der Waals surface area contributed by atoms with Gasteiger partial charge in [-0.1, -0.05) is 19.1 Å². The second-order valence-electron chi connectivity index (χ2n) is 7.63. The maximum absolute atomic E-state index is 13.0. The maximum Gasteiger partial charge on any atom is 0.302 e. The van der Waals surface area contributed by atoms with E-state index in [0.29, 0.717) is 23.5 Å². The summed E-state index contributed by atoms with van der Waals surface area (Å²) >= 11 is 0. The van der Waals surface area contributed by atoms with Crippen LogP contribution >= 0.6 is 0 Å². The van der Waals surface area contributed by atoms with E-state index in [0.717, 1.165) is 19.3 Å². The summed E-state index contributed by atoms with van der Waals surface area (Å²) in [6.07, 6.45) is 2.39.